The molecule has 1 aromatic carbocycles. The fraction of sp³-hybridized carbons (Fsp3) is 0.500. The van der Waals surface area contributed by atoms with Crippen molar-refractivity contribution in [2.45, 2.75) is 50.7 Å². The molecule has 0 spiro atoms. The van der Waals surface area contributed by atoms with E-state index in [1.54, 1.807) is 36.2 Å². The lowest BCUT2D eigenvalue weighted by Gasteiger charge is -2.30. The molecule has 29 heavy (non-hydrogen) atoms. The Balaban J connectivity index is 1.92. The van der Waals surface area contributed by atoms with Gasteiger partial charge in [-0.25, -0.2) is 13.2 Å². The summed E-state index contributed by atoms with van der Waals surface area (Å²) < 4.78 is 34.0. The van der Waals surface area contributed by atoms with E-state index in [1.807, 2.05) is 20.8 Å². The summed E-state index contributed by atoms with van der Waals surface area (Å²) in [7, 11) is -3.83. The van der Waals surface area contributed by atoms with Gasteiger partial charge in [0.15, 0.2) is 0 Å². The number of carbonyl (C=O) groups excluding carboxylic acids is 1. The van der Waals surface area contributed by atoms with Crippen LogP contribution in [0.2, 0.25) is 5.02 Å². The van der Waals surface area contributed by atoms with E-state index in [2.05, 4.69) is 4.98 Å². The number of nitrogens with zero attached hydrogens (tertiary/aromatic N) is 3. The van der Waals surface area contributed by atoms with Crippen LogP contribution in [-0.2, 0) is 14.8 Å². The zero-order valence-electron chi connectivity index (χ0n) is 17.1. The number of aromatic nitrogens is 1. The molecule has 158 valence electrons. The second kappa shape index (κ2) is 8.08. The van der Waals surface area contributed by atoms with Gasteiger partial charge in [-0.15, -0.1) is 0 Å². The molecule has 1 aromatic heterocycles. The molecule has 1 amide bonds. The van der Waals surface area contributed by atoms with Crippen molar-refractivity contribution in [3.63, 3.8) is 0 Å². The Kier molecular flexibility index (Phi) is 6.08. The van der Waals surface area contributed by atoms with E-state index in [9.17, 15) is 13.2 Å². The van der Waals surface area contributed by atoms with Crippen LogP contribution in [0.3, 0.4) is 0 Å². The Hall–Kier alpha value is -1.90. The maximum absolute atomic E-state index is 13.5. The van der Waals surface area contributed by atoms with Gasteiger partial charge < -0.3 is 9.64 Å². The molecule has 0 bridgehead atoms. The minimum atomic E-state index is -3.83. The van der Waals surface area contributed by atoms with Gasteiger partial charge in [0.25, 0.3) is 0 Å². The van der Waals surface area contributed by atoms with Crippen LogP contribution in [-0.4, -0.2) is 60.0 Å². The quantitative estimate of drug-likeness (QED) is 0.708. The van der Waals surface area contributed by atoms with Gasteiger partial charge in [0.05, 0.1) is 9.92 Å². The number of fused-ring (bicyclic) bond motifs is 1. The molecule has 1 fully saturated rings. The number of pyridine rings is 1. The van der Waals surface area contributed by atoms with Gasteiger partial charge >= 0.3 is 6.09 Å². The van der Waals surface area contributed by atoms with Crippen LogP contribution in [0.1, 0.15) is 34.1 Å². The van der Waals surface area contributed by atoms with Crippen LogP contribution in [0.5, 0.6) is 0 Å². The number of rotatable bonds is 2. The minimum Gasteiger partial charge on any atom is -0.444 e. The predicted octanol–water partition coefficient (Wildman–Crippen LogP) is 3.91. The molecule has 1 aliphatic rings. The van der Waals surface area contributed by atoms with Crippen molar-refractivity contribution in [1.82, 2.24) is 14.2 Å². The molecular weight excluding hydrogens is 414 g/mol. The van der Waals surface area contributed by atoms with Crippen LogP contribution >= 0.6 is 11.6 Å². The smallest absolute Gasteiger partial charge is 0.410 e. The lowest BCUT2D eigenvalue weighted by Crippen LogP contribution is -2.45. The van der Waals surface area contributed by atoms with Crippen molar-refractivity contribution in [3.05, 3.63) is 35.6 Å². The third-order valence-corrected chi connectivity index (χ3v) is 7.06. The number of halogens is 1. The molecule has 2 heterocycles. The van der Waals surface area contributed by atoms with Crippen LogP contribution in [0.25, 0.3) is 10.8 Å². The van der Waals surface area contributed by atoms with Gasteiger partial charge in [0.1, 0.15) is 5.60 Å². The highest BCUT2D eigenvalue weighted by Gasteiger charge is 2.35. The Morgan fingerprint density at radius 2 is 1.97 bits per heavy atom. The second-order valence-electron chi connectivity index (χ2n) is 8.22. The number of ether oxygens (including phenoxy) is 1. The van der Waals surface area contributed by atoms with Crippen molar-refractivity contribution in [3.8, 4) is 0 Å². The van der Waals surface area contributed by atoms with Crippen LogP contribution < -0.4 is 0 Å². The summed E-state index contributed by atoms with van der Waals surface area (Å²) >= 11 is 6.29. The zero-order chi connectivity index (χ0) is 21.4. The van der Waals surface area contributed by atoms with E-state index in [0.717, 1.165) is 0 Å². The van der Waals surface area contributed by atoms with Gasteiger partial charge in [-0.2, -0.15) is 4.31 Å². The zero-order valence-corrected chi connectivity index (χ0v) is 18.6. The molecule has 0 N–H and O–H groups in total. The fourth-order valence-electron chi connectivity index (χ4n) is 3.49. The molecule has 0 saturated carbocycles. The molecule has 1 aliphatic heterocycles. The normalized spacial score (nSPS) is 19.2. The maximum Gasteiger partial charge on any atom is 0.410 e. The van der Waals surface area contributed by atoms with E-state index in [-0.39, 0.29) is 11.4 Å². The first kappa shape index (κ1) is 21.8. The van der Waals surface area contributed by atoms with Crippen LogP contribution in [0.4, 0.5) is 4.79 Å². The maximum atomic E-state index is 13.5. The number of hydrogen-bond donors (Lipinski definition) is 0. The summed E-state index contributed by atoms with van der Waals surface area (Å²) in [5, 5.41) is 1.42. The summed E-state index contributed by atoms with van der Waals surface area (Å²) in [6.45, 7) is 8.22. The third kappa shape index (κ3) is 4.65. The molecule has 1 unspecified atom stereocenters. The molecule has 7 nitrogen and oxygen atoms in total. The predicted molar refractivity (Wildman–Crippen MR) is 113 cm³/mol. The number of hydrogen-bond acceptors (Lipinski definition) is 5. The highest BCUT2D eigenvalue weighted by molar-refractivity contribution is 7.89. The molecule has 1 saturated heterocycles. The molecule has 0 aliphatic carbocycles. The van der Waals surface area contributed by atoms with Gasteiger partial charge in [-0.1, -0.05) is 23.7 Å². The summed E-state index contributed by atoms with van der Waals surface area (Å²) in [5.74, 6) is 0. The average Bonchev–Trinajstić information content (AvgIpc) is 2.82. The lowest BCUT2D eigenvalue weighted by molar-refractivity contribution is 0.0244. The Bertz CT molecular complexity index is 1010. The average molecular weight is 440 g/mol. The van der Waals surface area contributed by atoms with E-state index in [0.29, 0.717) is 35.3 Å². The first-order chi connectivity index (χ1) is 13.5. The standard InChI is InChI=1S/C20H26ClN3O4S/c1-14-13-23(19(25)28-20(2,3)4)9-6-10-24(14)29(26,27)17-8-5-7-15-11-22-12-16(21)18(15)17/h5,7-8,11-12,14H,6,9-10,13H2,1-4H3. The van der Waals surface area contributed by atoms with Crippen molar-refractivity contribution in [1.29, 1.82) is 0 Å². The summed E-state index contributed by atoms with van der Waals surface area (Å²) in [4.78, 5) is 18.2. The van der Waals surface area contributed by atoms with Crippen molar-refractivity contribution in [2.24, 2.45) is 0 Å². The van der Waals surface area contributed by atoms with Crippen LogP contribution in [0, 0.1) is 0 Å². The SMILES string of the molecule is CC1CN(C(=O)OC(C)(C)C)CCCN1S(=O)(=O)c1cccc2cncc(Cl)c12. The van der Waals surface area contributed by atoms with Crippen molar-refractivity contribution >= 4 is 38.5 Å². The molecule has 1 atom stereocenters. The highest BCUT2D eigenvalue weighted by Crippen LogP contribution is 2.32. The lowest BCUT2D eigenvalue weighted by atomic mass is 10.2. The Labute approximate surface area is 176 Å². The van der Waals surface area contributed by atoms with Crippen LogP contribution in [0.15, 0.2) is 35.5 Å². The summed E-state index contributed by atoms with van der Waals surface area (Å²) in [6, 6.07) is 4.62. The molecule has 9 heteroatoms. The Morgan fingerprint density at radius 1 is 1.24 bits per heavy atom. The molecule has 3 rings (SSSR count). The van der Waals surface area contributed by atoms with Crippen molar-refractivity contribution in [2.75, 3.05) is 19.6 Å². The van der Waals surface area contributed by atoms with Gasteiger partial charge in [-0.05, 0) is 40.2 Å². The topological polar surface area (TPSA) is 79.8 Å². The minimum absolute atomic E-state index is 0.153. The van der Waals surface area contributed by atoms with Gasteiger partial charge in [-0.3, -0.25) is 4.98 Å². The fourth-order valence-corrected chi connectivity index (χ4v) is 5.71. The van der Waals surface area contributed by atoms with Gasteiger partial charge in [0.2, 0.25) is 10.0 Å². The Morgan fingerprint density at radius 3 is 2.66 bits per heavy atom. The van der Waals surface area contributed by atoms with E-state index in [4.69, 9.17) is 16.3 Å². The van der Waals surface area contributed by atoms with E-state index >= 15 is 0 Å². The van der Waals surface area contributed by atoms with E-state index in [1.165, 1.54) is 10.5 Å². The number of amides is 1. The number of sulfonamides is 1. The summed E-state index contributed by atoms with van der Waals surface area (Å²) in [6.07, 6.45) is 3.13. The third-order valence-electron chi connectivity index (χ3n) is 4.72. The largest absolute Gasteiger partial charge is 0.444 e. The molecular formula is C20H26ClN3O4S. The molecule has 0 radical (unpaired) electrons. The summed E-state index contributed by atoms with van der Waals surface area (Å²) in [5.41, 5.74) is -0.605. The first-order valence-electron chi connectivity index (χ1n) is 9.53. The first-order valence-corrected chi connectivity index (χ1v) is 11.3. The highest BCUT2D eigenvalue weighted by atomic mass is 35.5. The van der Waals surface area contributed by atoms with E-state index < -0.39 is 27.8 Å². The number of benzene rings is 1. The monoisotopic (exact) mass is 439 g/mol. The van der Waals surface area contributed by atoms with Gasteiger partial charge in [0, 0.05) is 48.8 Å². The molecule has 2 aromatic rings. The number of carbonyl (C=O) groups is 1. The second-order valence-corrected chi connectivity index (χ2v) is 10.5. The van der Waals surface area contributed by atoms with Crippen molar-refractivity contribution < 1.29 is 17.9 Å².